The highest BCUT2D eigenvalue weighted by atomic mass is 32.1. The van der Waals surface area contributed by atoms with Crippen LogP contribution in [0, 0.1) is 5.41 Å². The van der Waals surface area contributed by atoms with Crippen molar-refractivity contribution in [1.82, 2.24) is 14.6 Å². The van der Waals surface area contributed by atoms with E-state index in [1.807, 2.05) is 6.92 Å². The van der Waals surface area contributed by atoms with E-state index in [9.17, 15) is 14.4 Å². The van der Waals surface area contributed by atoms with Crippen LogP contribution in [0.1, 0.15) is 48.8 Å². The molecule has 0 spiro atoms. The van der Waals surface area contributed by atoms with Crippen LogP contribution >= 0.6 is 11.3 Å². The van der Waals surface area contributed by atoms with Crippen LogP contribution in [0.25, 0.3) is 4.96 Å². The van der Waals surface area contributed by atoms with E-state index in [-0.39, 0.29) is 23.6 Å². The summed E-state index contributed by atoms with van der Waals surface area (Å²) >= 11 is 1.29. The highest BCUT2D eigenvalue weighted by Crippen LogP contribution is 2.21. The van der Waals surface area contributed by atoms with Gasteiger partial charge in [-0.25, -0.2) is 9.78 Å². The number of esters is 1. The van der Waals surface area contributed by atoms with E-state index in [1.165, 1.54) is 21.9 Å². The van der Waals surface area contributed by atoms with Gasteiger partial charge in [-0.1, -0.05) is 44.2 Å². The number of benzene rings is 1. The number of aromatic nitrogens is 3. The summed E-state index contributed by atoms with van der Waals surface area (Å²) in [6, 6.07) is 7.90. The van der Waals surface area contributed by atoms with Crippen molar-refractivity contribution in [3.63, 3.8) is 0 Å². The maximum Gasteiger partial charge on any atom is 0.340 e. The monoisotopic (exact) mass is 458 g/mol. The molecule has 0 bridgehead atoms. The Hall–Kier alpha value is -3.11. The summed E-state index contributed by atoms with van der Waals surface area (Å²) in [5, 5.41) is 7.76. The zero-order valence-electron chi connectivity index (χ0n) is 18.5. The smallest absolute Gasteiger partial charge is 0.340 e. The predicted molar refractivity (Wildman–Crippen MR) is 121 cm³/mol. The van der Waals surface area contributed by atoms with Gasteiger partial charge in [0.1, 0.15) is 11.6 Å². The second-order valence-corrected chi connectivity index (χ2v) is 9.09. The Kier molecular flexibility index (Phi) is 7.37. The minimum atomic E-state index is -0.626. The van der Waals surface area contributed by atoms with E-state index in [2.05, 4.69) is 15.4 Å². The van der Waals surface area contributed by atoms with Crippen LogP contribution in [-0.2, 0) is 27.3 Å². The molecule has 2 aromatic heterocycles. The molecule has 32 heavy (non-hydrogen) atoms. The number of amides is 1. The topological polar surface area (TPSA) is 112 Å². The molecule has 0 atom stereocenters. The van der Waals surface area contributed by atoms with Crippen molar-refractivity contribution in [2.75, 3.05) is 18.5 Å². The summed E-state index contributed by atoms with van der Waals surface area (Å²) < 4.78 is 11.9. The molecule has 0 radical (unpaired) electrons. The Labute approximate surface area is 189 Å². The molecule has 0 aliphatic carbocycles. The molecule has 0 saturated carbocycles. The molecule has 10 heteroatoms. The number of rotatable bonds is 8. The quantitative estimate of drug-likeness (QED) is 0.408. The molecule has 0 aliphatic heterocycles. The number of hydrogen-bond acceptors (Lipinski definition) is 8. The Morgan fingerprint density at radius 2 is 1.97 bits per heavy atom. The lowest BCUT2D eigenvalue weighted by Gasteiger charge is -2.19. The van der Waals surface area contributed by atoms with E-state index in [0.717, 1.165) is 5.01 Å². The number of carbonyl (C=O) groups is 2. The van der Waals surface area contributed by atoms with Gasteiger partial charge in [0.15, 0.2) is 0 Å². The second-order valence-electron chi connectivity index (χ2n) is 8.05. The maximum absolute atomic E-state index is 12.7. The van der Waals surface area contributed by atoms with Gasteiger partial charge in [0, 0.05) is 24.5 Å². The normalized spacial score (nSPS) is 11.5. The lowest BCUT2D eigenvalue weighted by Crippen LogP contribution is -2.28. The molecule has 1 amide bonds. The van der Waals surface area contributed by atoms with E-state index in [4.69, 9.17) is 9.47 Å². The van der Waals surface area contributed by atoms with Crippen molar-refractivity contribution in [2.45, 2.75) is 40.7 Å². The molecular weight excluding hydrogens is 432 g/mol. The zero-order chi connectivity index (χ0) is 23.3. The van der Waals surface area contributed by atoms with Crippen LogP contribution in [0.3, 0.4) is 0 Å². The molecule has 1 N–H and O–H groups in total. The average Bonchev–Trinajstić information content (AvgIpc) is 3.15. The highest BCUT2D eigenvalue weighted by molar-refractivity contribution is 7.16. The molecule has 3 aromatic rings. The van der Waals surface area contributed by atoms with Crippen LogP contribution in [0.4, 0.5) is 5.69 Å². The first-order chi connectivity index (χ1) is 15.2. The zero-order valence-corrected chi connectivity index (χ0v) is 19.3. The van der Waals surface area contributed by atoms with Gasteiger partial charge in [-0.05, 0) is 19.1 Å². The molecular formula is C22H26N4O5S. The number of anilines is 1. The van der Waals surface area contributed by atoms with Crippen LogP contribution < -0.4 is 10.9 Å². The van der Waals surface area contributed by atoms with E-state index >= 15 is 0 Å². The minimum absolute atomic E-state index is 0.182. The third-order valence-corrected chi connectivity index (χ3v) is 5.40. The van der Waals surface area contributed by atoms with E-state index < -0.39 is 11.4 Å². The number of fused-ring (bicyclic) bond motifs is 1. The van der Waals surface area contributed by atoms with Crippen LogP contribution in [-0.4, -0.2) is 39.7 Å². The Morgan fingerprint density at radius 1 is 1.22 bits per heavy atom. The predicted octanol–water partition coefficient (Wildman–Crippen LogP) is 3.07. The first kappa shape index (κ1) is 23.6. The van der Waals surface area contributed by atoms with Gasteiger partial charge in [0.05, 0.1) is 23.6 Å². The van der Waals surface area contributed by atoms with Gasteiger partial charge in [-0.3, -0.25) is 9.59 Å². The number of carbonyl (C=O) groups excluding carboxylic acids is 2. The van der Waals surface area contributed by atoms with Gasteiger partial charge in [-0.15, -0.1) is 0 Å². The Bertz CT molecular complexity index is 1180. The molecule has 0 saturated heterocycles. The van der Waals surface area contributed by atoms with Crippen molar-refractivity contribution >= 4 is 33.9 Å². The van der Waals surface area contributed by atoms with Gasteiger partial charge < -0.3 is 14.8 Å². The fraction of sp³-hybridized carbons (Fsp3) is 0.409. The minimum Gasteiger partial charge on any atom is -0.456 e. The first-order valence-corrected chi connectivity index (χ1v) is 11.0. The molecule has 1 aromatic carbocycles. The van der Waals surface area contributed by atoms with Crippen molar-refractivity contribution in [3.05, 3.63) is 57.0 Å². The van der Waals surface area contributed by atoms with Crippen LogP contribution in [0.5, 0.6) is 0 Å². The van der Waals surface area contributed by atoms with Crippen molar-refractivity contribution in [1.29, 1.82) is 0 Å². The van der Waals surface area contributed by atoms with Gasteiger partial charge >= 0.3 is 5.97 Å². The Balaban J connectivity index is 1.72. The number of hydrogen-bond donors (Lipinski definition) is 1. The standard InChI is InChI=1S/C22H26N4O5S/c1-5-30-11-10-17-25-26-18(27)12-14(23-21(26)32-17)13-31-19(28)15-8-6-7-9-16(15)24-20(29)22(2,3)4/h6-9,12H,5,10-11,13H2,1-4H3,(H,24,29). The van der Waals surface area contributed by atoms with Crippen molar-refractivity contribution < 1.29 is 19.1 Å². The largest absolute Gasteiger partial charge is 0.456 e. The van der Waals surface area contributed by atoms with Crippen LogP contribution in [0.15, 0.2) is 35.1 Å². The molecule has 0 aliphatic rings. The fourth-order valence-electron chi connectivity index (χ4n) is 2.67. The SMILES string of the molecule is CCOCCc1nn2c(=O)cc(COC(=O)c3ccccc3NC(=O)C(C)(C)C)nc2s1. The molecule has 9 nitrogen and oxygen atoms in total. The maximum atomic E-state index is 12.7. The third-order valence-electron chi connectivity index (χ3n) is 4.43. The number of nitrogens with one attached hydrogen (secondary N) is 1. The number of nitrogens with zero attached hydrogens (tertiary/aromatic N) is 3. The van der Waals surface area contributed by atoms with E-state index in [0.29, 0.717) is 36.0 Å². The summed E-state index contributed by atoms with van der Waals surface area (Å²) in [7, 11) is 0. The molecule has 2 heterocycles. The second kappa shape index (κ2) is 10.0. The molecule has 170 valence electrons. The fourth-order valence-corrected chi connectivity index (χ4v) is 3.57. The Morgan fingerprint density at radius 3 is 2.69 bits per heavy atom. The summed E-state index contributed by atoms with van der Waals surface area (Å²) in [4.78, 5) is 42.2. The van der Waals surface area contributed by atoms with E-state index in [1.54, 1.807) is 45.0 Å². The van der Waals surface area contributed by atoms with Gasteiger partial charge in [0.25, 0.3) is 5.56 Å². The van der Waals surface area contributed by atoms with Crippen molar-refractivity contribution in [3.8, 4) is 0 Å². The van der Waals surface area contributed by atoms with Gasteiger partial charge in [-0.2, -0.15) is 9.61 Å². The van der Waals surface area contributed by atoms with Crippen LogP contribution in [0.2, 0.25) is 0 Å². The number of para-hydroxylation sites is 1. The number of ether oxygens (including phenoxy) is 2. The third kappa shape index (κ3) is 5.77. The molecule has 0 unspecified atom stereocenters. The lowest BCUT2D eigenvalue weighted by molar-refractivity contribution is -0.123. The molecule has 3 rings (SSSR count). The lowest BCUT2D eigenvalue weighted by atomic mass is 9.95. The molecule has 0 fully saturated rings. The first-order valence-electron chi connectivity index (χ1n) is 10.2. The average molecular weight is 459 g/mol. The van der Waals surface area contributed by atoms with Crippen molar-refractivity contribution in [2.24, 2.45) is 5.41 Å². The summed E-state index contributed by atoms with van der Waals surface area (Å²) in [5.41, 5.74) is -0.0620. The highest BCUT2D eigenvalue weighted by Gasteiger charge is 2.23. The summed E-state index contributed by atoms with van der Waals surface area (Å²) in [5.74, 6) is -0.846. The summed E-state index contributed by atoms with van der Waals surface area (Å²) in [6.07, 6.45) is 0.586. The summed E-state index contributed by atoms with van der Waals surface area (Å²) in [6.45, 7) is 8.21. The van der Waals surface area contributed by atoms with Gasteiger partial charge in [0.2, 0.25) is 10.9 Å².